The third-order valence-corrected chi connectivity index (χ3v) is 5.45. The molecule has 0 radical (unpaired) electrons. The van der Waals surface area contributed by atoms with E-state index in [-0.39, 0.29) is 12.1 Å². The summed E-state index contributed by atoms with van der Waals surface area (Å²) in [6.45, 7) is 8.49. The molecule has 0 spiro atoms. The minimum absolute atomic E-state index is 0.0405. The van der Waals surface area contributed by atoms with Crippen LogP contribution in [-0.4, -0.2) is 53.4 Å². The molecule has 0 fully saturated rings. The molecule has 0 saturated heterocycles. The highest BCUT2D eigenvalue weighted by atomic mass is 16.5. The Kier molecular flexibility index (Phi) is 7.63. The van der Waals surface area contributed by atoms with Crippen LogP contribution in [0, 0.1) is 11.3 Å². The molecule has 1 aliphatic heterocycles. The van der Waals surface area contributed by atoms with Gasteiger partial charge in [-0.1, -0.05) is 5.16 Å². The van der Waals surface area contributed by atoms with Crippen LogP contribution in [0.2, 0.25) is 0 Å². The summed E-state index contributed by atoms with van der Waals surface area (Å²) >= 11 is 0. The predicted molar refractivity (Wildman–Crippen MR) is 128 cm³/mol. The Balaban J connectivity index is 1.52. The van der Waals surface area contributed by atoms with Crippen molar-refractivity contribution in [2.45, 2.75) is 39.8 Å². The second kappa shape index (κ2) is 11.0. The smallest absolute Gasteiger partial charge is 0.307 e. The van der Waals surface area contributed by atoms with Gasteiger partial charge in [0.2, 0.25) is 5.82 Å². The number of nitrogens with zero attached hydrogens (tertiary/aromatic N) is 4. The summed E-state index contributed by atoms with van der Waals surface area (Å²) in [5.74, 6) is 1.87. The number of fused-ring (bicyclic) bond motifs is 1. The number of ether oxygens (including phenoxy) is 3. The number of nitriles is 1. The molecular weight excluding hydrogens is 448 g/mol. The van der Waals surface area contributed by atoms with Crippen molar-refractivity contribution in [2.75, 3.05) is 26.3 Å². The topological polar surface area (TPSA) is 111 Å². The SMILES string of the molecule is CCOC(=O)CCN1CCOc2ccc(-c3noc(-c4ccc(OC(C)C)c(C#N)c4)n3)cc2C1. The maximum absolute atomic E-state index is 11.7. The molecule has 0 atom stereocenters. The van der Waals surface area contributed by atoms with Gasteiger partial charge in [0.15, 0.2) is 0 Å². The van der Waals surface area contributed by atoms with E-state index in [2.05, 4.69) is 21.1 Å². The minimum atomic E-state index is -0.200. The van der Waals surface area contributed by atoms with Crippen molar-refractivity contribution in [3.63, 3.8) is 0 Å². The molecule has 0 saturated carbocycles. The summed E-state index contributed by atoms with van der Waals surface area (Å²) < 4.78 is 22.1. The first kappa shape index (κ1) is 24.2. The lowest BCUT2D eigenvalue weighted by Crippen LogP contribution is -2.28. The molecule has 1 aliphatic rings. The molecule has 35 heavy (non-hydrogen) atoms. The number of esters is 1. The van der Waals surface area contributed by atoms with Gasteiger partial charge in [-0.05, 0) is 57.2 Å². The van der Waals surface area contributed by atoms with E-state index >= 15 is 0 Å². The van der Waals surface area contributed by atoms with Crippen LogP contribution in [0.5, 0.6) is 11.5 Å². The molecule has 4 rings (SSSR count). The van der Waals surface area contributed by atoms with Gasteiger partial charge in [-0.3, -0.25) is 9.69 Å². The van der Waals surface area contributed by atoms with Gasteiger partial charge in [-0.2, -0.15) is 10.2 Å². The summed E-state index contributed by atoms with van der Waals surface area (Å²) in [7, 11) is 0. The number of carbonyl (C=O) groups is 1. The Morgan fingerprint density at radius 1 is 1.23 bits per heavy atom. The number of carbonyl (C=O) groups excluding carboxylic acids is 1. The summed E-state index contributed by atoms with van der Waals surface area (Å²) in [5.41, 5.74) is 2.81. The Bertz CT molecular complexity index is 1230. The van der Waals surface area contributed by atoms with Crippen LogP contribution in [0.1, 0.15) is 38.3 Å². The lowest BCUT2D eigenvalue weighted by molar-refractivity contribution is -0.143. The van der Waals surface area contributed by atoms with E-state index in [0.29, 0.717) is 67.9 Å². The van der Waals surface area contributed by atoms with Crippen LogP contribution in [0.25, 0.3) is 22.8 Å². The highest BCUT2D eigenvalue weighted by Gasteiger charge is 2.19. The van der Waals surface area contributed by atoms with Gasteiger partial charge >= 0.3 is 5.97 Å². The van der Waals surface area contributed by atoms with E-state index in [1.165, 1.54) is 0 Å². The average Bonchev–Trinajstić information content (AvgIpc) is 3.24. The molecule has 182 valence electrons. The van der Waals surface area contributed by atoms with Gasteiger partial charge in [-0.25, -0.2) is 0 Å². The van der Waals surface area contributed by atoms with Crippen LogP contribution >= 0.6 is 0 Å². The summed E-state index contributed by atoms with van der Waals surface area (Å²) in [4.78, 5) is 18.5. The lowest BCUT2D eigenvalue weighted by atomic mass is 10.1. The number of rotatable bonds is 8. The van der Waals surface area contributed by atoms with E-state index in [4.69, 9.17) is 18.7 Å². The Morgan fingerprint density at radius 2 is 2.06 bits per heavy atom. The van der Waals surface area contributed by atoms with Gasteiger partial charge < -0.3 is 18.7 Å². The van der Waals surface area contributed by atoms with Crippen LogP contribution in [0.3, 0.4) is 0 Å². The second-order valence-corrected chi connectivity index (χ2v) is 8.41. The van der Waals surface area contributed by atoms with Crippen molar-refractivity contribution in [1.29, 1.82) is 5.26 Å². The number of hydrogen-bond donors (Lipinski definition) is 0. The summed E-state index contributed by atoms with van der Waals surface area (Å²) in [6, 6.07) is 13.1. The van der Waals surface area contributed by atoms with Crippen molar-refractivity contribution in [3.8, 4) is 40.4 Å². The quantitative estimate of drug-likeness (QED) is 0.441. The highest BCUT2D eigenvalue weighted by Crippen LogP contribution is 2.31. The number of hydrogen-bond acceptors (Lipinski definition) is 9. The molecular formula is C26H28N4O5. The van der Waals surface area contributed by atoms with Crippen LogP contribution < -0.4 is 9.47 Å². The molecule has 0 N–H and O–H groups in total. The minimum Gasteiger partial charge on any atom is -0.492 e. The third-order valence-electron chi connectivity index (χ3n) is 5.45. The van der Waals surface area contributed by atoms with E-state index in [1.54, 1.807) is 25.1 Å². The van der Waals surface area contributed by atoms with Gasteiger partial charge in [0, 0.05) is 36.3 Å². The molecule has 2 aromatic carbocycles. The van der Waals surface area contributed by atoms with Crippen molar-refractivity contribution >= 4 is 5.97 Å². The normalized spacial score (nSPS) is 13.5. The fraction of sp³-hybridized carbons (Fsp3) is 0.385. The van der Waals surface area contributed by atoms with Crippen molar-refractivity contribution in [2.24, 2.45) is 0 Å². The van der Waals surface area contributed by atoms with Gasteiger partial charge in [-0.15, -0.1) is 0 Å². The highest BCUT2D eigenvalue weighted by molar-refractivity contribution is 5.69. The van der Waals surface area contributed by atoms with E-state index < -0.39 is 0 Å². The first-order valence-corrected chi connectivity index (χ1v) is 11.7. The van der Waals surface area contributed by atoms with Crippen LogP contribution in [0.4, 0.5) is 0 Å². The van der Waals surface area contributed by atoms with Crippen molar-refractivity contribution in [3.05, 3.63) is 47.5 Å². The standard InChI is InChI=1S/C26H28N4O5/c1-4-32-24(31)9-10-30-11-12-33-22-7-5-18(13-21(22)16-30)25-28-26(35-29-25)19-6-8-23(34-17(2)3)20(14-19)15-27/h5-8,13-14,17H,4,9-12,16H2,1-3H3. The third kappa shape index (κ3) is 5.97. The van der Waals surface area contributed by atoms with Crippen molar-refractivity contribution < 1.29 is 23.5 Å². The zero-order valence-electron chi connectivity index (χ0n) is 20.1. The average molecular weight is 477 g/mol. The summed E-state index contributed by atoms with van der Waals surface area (Å²) in [6.07, 6.45) is 0.296. The molecule has 9 heteroatoms. The fourth-order valence-corrected chi connectivity index (χ4v) is 3.83. The molecule has 1 aromatic heterocycles. The zero-order valence-corrected chi connectivity index (χ0v) is 20.1. The van der Waals surface area contributed by atoms with E-state index in [0.717, 1.165) is 16.9 Å². The van der Waals surface area contributed by atoms with Crippen LogP contribution in [0.15, 0.2) is 40.9 Å². The first-order chi connectivity index (χ1) is 17.0. The predicted octanol–water partition coefficient (Wildman–Crippen LogP) is 4.21. The second-order valence-electron chi connectivity index (χ2n) is 8.41. The maximum Gasteiger partial charge on any atom is 0.307 e. The summed E-state index contributed by atoms with van der Waals surface area (Å²) in [5, 5.41) is 13.6. The molecule has 0 aliphatic carbocycles. The largest absolute Gasteiger partial charge is 0.492 e. The maximum atomic E-state index is 11.7. The fourth-order valence-electron chi connectivity index (χ4n) is 3.83. The van der Waals surface area contributed by atoms with Gasteiger partial charge in [0.05, 0.1) is 24.7 Å². The Labute approximate surface area is 204 Å². The van der Waals surface area contributed by atoms with Crippen molar-refractivity contribution in [1.82, 2.24) is 15.0 Å². The molecule has 0 bridgehead atoms. The molecule has 3 aromatic rings. The zero-order chi connectivity index (χ0) is 24.8. The van der Waals surface area contributed by atoms with E-state index in [9.17, 15) is 10.1 Å². The lowest BCUT2D eigenvalue weighted by Gasteiger charge is -2.18. The Morgan fingerprint density at radius 3 is 2.83 bits per heavy atom. The molecule has 0 amide bonds. The molecule has 2 heterocycles. The monoisotopic (exact) mass is 476 g/mol. The number of benzene rings is 2. The Hall–Kier alpha value is -3.90. The van der Waals surface area contributed by atoms with Gasteiger partial charge in [0.1, 0.15) is 24.2 Å². The first-order valence-electron chi connectivity index (χ1n) is 11.7. The molecule has 0 unspecified atom stereocenters. The van der Waals surface area contributed by atoms with Gasteiger partial charge in [0.25, 0.3) is 5.89 Å². The van der Waals surface area contributed by atoms with Crippen LogP contribution in [-0.2, 0) is 16.1 Å². The van der Waals surface area contributed by atoms with E-state index in [1.807, 2.05) is 32.0 Å². The number of aromatic nitrogens is 2. The molecule has 9 nitrogen and oxygen atoms in total.